The predicted octanol–water partition coefficient (Wildman–Crippen LogP) is 3.23. The van der Waals surface area contributed by atoms with Gasteiger partial charge in [-0.25, -0.2) is 9.18 Å². The van der Waals surface area contributed by atoms with Crippen molar-refractivity contribution in [2.75, 3.05) is 13.6 Å². The topological polar surface area (TPSA) is 44.4 Å². The largest absolute Gasteiger partial charge is 0.335 e. The van der Waals surface area contributed by atoms with Crippen molar-refractivity contribution < 1.29 is 9.18 Å². The molecule has 2 aromatic carbocycles. The van der Waals surface area contributed by atoms with Crippen LogP contribution in [-0.4, -0.2) is 36.6 Å². The van der Waals surface area contributed by atoms with E-state index in [1.807, 2.05) is 24.1 Å². The van der Waals surface area contributed by atoms with Gasteiger partial charge in [-0.05, 0) is 55.1 Å². The highest BCUT2D eigenvalue weighted by atomic mass is 19.1. The second-order valence-electron chi connectivity index (χ2n) is 7.20. The van der Waals surface area contributed by atoms with Crippen molar-refractivity contribution in [2.45, 2.75) is 37.4 Å². The number of hydrogen-bond acceptors (Lipinski definition) is 2. The van der Waals surface area contributed by atoms with E-state index in [4.69, 9.17) is 0 Å². The molecule has 2 amide bonds. The van der Waals surface area contributed by atoms with Crippen LogP contribution in [0.5, 0.6) is 0 Å². The van der Waals surface area contributed by atoms with Crippen LogP contribution in [0.15, 0.2) is 48.5 Å². The number of nitrogens with one attached hydrogen (secondary N) is 2. The van der Waals surface area contributed by atoms with E-state index in [1.165, 1.54) is 17.7 Å². The van der Waals surface area contributed by atoms with Crippen LogP contribution < -0.4 is 10.6 Å². The molecule has 1 saturated carbocycles. The lowest BCUT2D eigenvalue weighted by Crippen LogP contribution is -2.55. The Morgan fingerprint density at radius 3 is 2.54 bits per heavy atom. The molecule has 1 heterocycles. The molecule has 0 bridgehead atoms. The summed E-state index contributed by atoms with van der Waals surface area (Å²) in [5, 5.41) is 6.40. The van der Waals surface area contributed by atoms with Gasteiger partial charge in [-0.15, -0.1) is 0 Å². The van der Waals surface area contributed by atoms with Gasteiger partial charge in [0.1, 0.15) is 5.82 Å². The molecule has 2 aliphatic rings. The van der Waals surface area contributed by atoms with E-state index in [1.54, 1.807) is 12.1 Å². The van der Waals surface area contributed by atoms with Gasteiger partial charge >= 0.3 is 6.03 Å². The fraction of sp³-hybridized carbons (Fsp3) is 0.381. The Bertz CT molecular complexity index is 786. The fourth-order valence-electron chi connectivity index (χ4n) is 4.02. The Hall–Kier alpha value is -2.40. The maximum absolute atomic E-state index is 13.4. The molecule has 136 valence electrons. The molecule has 4 rings (SSSR count). The van der Waals surface area contributed by atoms with Crippen molar-refractivity contribution in [1.82, 2.24) is 15.5 Å². The second kappa shape index (κ2) is 7.08. The Kier molecular flexibility index (Phi) is 4.64. The van der Waals surface area contributed by atoms with Crippen molar-refractivity contribution in [3.63, 3.8) is 0 Å². The van der Waals surface area contributed by atoms with Crippen LogP contribution >= 0.6 is 0 Å². The lowest BCUT2D eigenvalue weighted by molar-refractivity contribution is 0.164. The van der Waals surface area contributed by atoms with Crippen molar-refractivity contribution in [3.8, 4) is 0 Å². The quantitative estimate of drug-likeness (QED) is 0.890. The smallest absolute Gasteiger partial charge is 0.318 e. The van der Waals surface area contributed by atoms with Crippen molar-refractivity contribution in [3.05, 3.63) is 71.0 Å². The average molecular weight is 353 g/mol. The molecule has 1 fully saturated rings. The molecule has 0 radical (unpaired) electrons. The number of fused-ring (bicyclic) bond motifs is 1. The minimum Gasteiger partial charge on any atom is -0.335 e. The van der Waals surface area contributed by atoms with Gasteiger partial charge in [0.15, 0.2) is 0 Å². The Morgan fingerprint density at radius 2 is 1.81 bits per heavy atom. The van der Waals surface area contributed by atoms with Gasteiger partial charge in [-0.3, -0.25) is 0 Å². The van der Waals surface area contributed by atoms with E-state index in [2.05, 4.69) is 22.8 Å². The summed E-state index contributed by atoms with van der Waals surface area (Å²) < 4.78 is 13.4. The summed E-state index contributed by atoms with van der Waals surface area (Å²) in [7, 11) is 1.95. The summed E-state index contributed by atoms with van der Waals surface area (Å²) in [6.45, 7) is 0.660. The van der Waals surface area contributed by atoms with Gasteiger partial charge < -0.3 is 15.5 Å². The monoisotopic (exact) mass is 353 g/mol. The standard InChI is InChI=1S/C21H24FN3O/c1-23-17-12-18(13-17)24-21(26)25-11-10-14-4-2-3-5-19(14)20(25)15-6-8-16(22)9-7-15/h2-9,17-18,20,23H,10-13H2,1H3,(H,24,26)/t17-,18+,20-/m0/s1. The number of carbonyl (C=O) groups excluding carboxylic acids is 1. The number of benzene rings is 2. The molecule has 2 aromatic rings. The van der Waals surface area contributed by atoms with Gasteiger partial charge in [0.05, 0.1) is 6.04 Å². The van der Waals surface area contributed by atoms with Crippen LogP contribution in [0.25, 0.3) is 0 Å². The number of urea groups is 1. The Balaban J connectivity index is 1.60. The molecular weight excluding hydrogens is 329 g/mol. The number of amides is 2. The molecule has 1 aliphatic carbocycles. The summed E-state index contributed by atoms with van der Waals surface area (Å²) in [6, 6.07) is 15.2. The summed E-state index contributed by atoms with van der Waals surface area (Å²) in [4.78, 5) is 14.9. The van der Waals surface area contributed by atoms with E-state index < -0.39 is 0 Å². The molecule has 5 heteroatoms. The number of rotatable bonds is 3. The summed E-state index contributed by atoms with van der Waals surface area (Å²) >= 11 is 0. The van der Waals surface area contributed by atoms with Crippen LogP contribution in [0.4, 0.5) is 9.18 Å². The van der Waals surface area contributed by atoms with Gasteiger partial charge in [0.25, 0.3) is 0 Å². The number of hydrogen-bond donors (Lipinski definition) is 2. The first-order chi connectivity index (χ1) is 12.7. The van der Waals surface area contributed by atoms with Crippen molar-refractivity contribution in [2.24, 2.45) is 0 Å². The third kappa shape index (κ3) is 3.19. The lowest BCUT2D eigenvalue weighted by Gasteiger charge is -2.41. The third-order valence-corrected chi connectivity index (χ3v) is 5.60. The van der Waals surface area contributed by atoms with Crippen LogP contribution in [0.1, 0.15) is 35.6 Å². The van der Waals surface area contributed by atoms with Crippen molar-refractivity contribution in [1.29, 1.82) is 0 Å². The van der Waals surface area contributed by atoms with Gasteiger partial charge in [0, 0.05) is 18.6 Å². The van der Waals surface area contributed by atoms with Crippen LogP contribution in [0, 0.1) is 5.82 Å². The third-order valence-electron chi connectivity index (χ3n) is 5.60. The van der Waals surface area contributed by atoms with E-state index >= 15 is 0 Å². The highest BCUT2D eigenvalue weighted by molar-refractivity contribution is 5.76. The molecule has 1 atom stereocenters. The zero-order valence-electron chi connectivity index (χ0n) is 14.9. The van der Waals surface area contributed by atoms with E-state index in [0.29, 0.717) is 12.6 Å². The summed E-state index contributed by atoms with van der Waals surface area (Å²) in [6.07, 6.45) is 2.77. The number of carbonyl (C=O) groups is 1. The minimum absolute atomic E-state index is 0.0339. The van der Waals surface area contributed by atoms with Gasteiger partial charge in [-0.2, -0.15) is 0 Å². The number of nitrogens with zero attached hydrogens (tertiary/aromatic N) is 1. The first kappa shape index (κ1) is 17.0. The molecule has 4 nitrogen and oxygen atoms in total. The minimum atomic E-state index is -0.263. The average Bonchev–Trinajstić information content (AvgIpc) is 2.64. The normalized spacial score (nSPS) is 24.5. The molecule has 2 N–H and O–H groups in total. The predicted molar refractivity (Wildman–Crippen MR) is 99.5 cm³/mol. The van der Waals surface area contributed by atoms with Gasteiger partial charge in [0.2, 0.25) is 0 Å². The van der Waals surface area contributed by atoms with Gasteiger partial charge in [-0.1, -0.05) is 36.4 Å². The van der Waals surface area contributed by atoms with E-state index in [0.717, 1.165) is 30.4 Å². The first-order valence-corrected chi connectivity index (χ1v) is 9.23. The fourth-order valence-corrected chi connectivity index (χ4v) is 4.02. The molecule has 0 spiro atoms. The van der Waals surface area contributed by atoms with Crippen LogP contribution in [0.3, 0.4) is 0 Å². The highest BCUT2D eigenvalue weighted by Crippen LogP contribution is 2.35. The molecule has 1 aliphatic heterocycles. The molecule has 0 unspecified atom stereocenters. The second-order valence-corrected chi connectivity index (χ2v) is 7.20. The van der Waals surface area contributed by atoms with Crippen LogP contribution in [0.2, 0.25) is 0 Å². The van der Waals surface area contributed by atoms with Crippen molar-refractivity contribution >= 4 is 6.03 Å². The van der Waals surface area contributed by atoms with E-state index in [9.17, 15) is 9.18 Å². The highest BCUT2D eigenvalue weighted by Gasteiger charge is 2.35. The van der Waals surface area contributed by atoms with Crippen LogP contribution in [-0.2, 0) is 6.42 Å². The zero-order valence-corrected chi connectivity index (χ0v) is 14.9. The Morgan fingerprint density at radius 1 is 1.08 bits per heavy atom. The maximum Gasteiger partial charge on any atom is 0.318 e. The molecule has 26 heavy (non-hydrogen) atoms. The molecule has 0 aromatic heterocycles. The van der Waals surface area contributed by atoms with E-state index in [-0.39, 0.29) is 23.9 Å². The maximum atomic E-state index is 13.4. The lowest BCUT2D eigenvalue weighted by atomic mass is 9.86. The SMILES string of the molecule is CN[C@H]1C[C@@H](NC(=O)N2CCc3ccccc3[C@@H]2c2ccc(F)cc2)C1. The number of halogens is 1. The molecular formula is C21H24FN3O. The zero-order chi connectivity index (χ0) is 18.1. The first-order valence-electron chi connectivity index (χ1n) is 9.23. The summed E-state index contributed by atoms with van der Waals surface area (Å²) in [5.74, 6) is -0.263. The summed E-state index contributed by atoms with van der Waals surface area (Å²) in [5.41, 5.74) is 3.32. The Labute approximate surface area is 153 Å². The molecule has 0 saturated heterocycles.